The Morgan fingerprint density at radius 1 is 1.42 bits per heavy atom. The molecule has 0 spiro atoms. The predicted octanol–water partition coefficient (Wildman–Crippen LogP) is 2.99. The molecule has 4 nitrogen and oxygen atoms in total. The van der Waals surface area contributed by atoms with E-state index in [1.165, 1.54) is 17.6 Å². The lowest BCUT2D eigenvalue weighted by atomic mass is 10.1. The van der Waals surface area contributed by atoms with Crippen molar-refractivity contribution in [3.8, 4) is 5.75 Å². The Hall–Kier alpha value is -1.60. The average molecular weight is 285 g/mol. The van der Waals surface area contributed by atoms with E-state index in [0.29, 0.717) is 6.54 Å². The lowest BCUT2D eigenvalue weighted by Gasteiger charge is -2.14. The zero-order chi connectivity index (χ0) is 13.7. The van der Waals surface area contributed by atoms with E-state index in [2.05, 4.69) is 19.6 Å². The fourth-order valence-electron chi connectivity index (χ4n) is 1.60. The van der Waals surface area contributed by atoms with Crippen LogP contribution in [0, 0.1) is 0 Å². The van der Waals surface area contributed by atoms with Crippen LogP contribution in [0.4, 0.5) is 8.78 Å². The van der Waals surface area contributed by atoms with E-state index in [1.54, 1.807) is 12.1 Å². The summed E-state index contributed by atoms with van der Waals surface area (Å²) in [5, 5.41) is 9.02. The molecule has 0 aliphatic carbocycles. The maximum atomic E-state index is 12.1. The molecule has 102 valence electrons. The smallest absolute Gasteiger partial charge is 0.387 e. The topological polar surface area (TPSA) is 47.0 Å². The van der Waals surface area contributed by atoms with Gasteiger partial charge in [-0.3, -0.25) is 0 Å². The Labute approximate surface area is 113 Å². The molecule has 0 bridgehead atoms. The molecular weight excluding hydrogens is 272 g/mol. The minimum atomic E-state index is -2.81. The lowest BCUT2D eigenvalue weighted by molar-refractivity contribution is -0.0499. The molecule has 0 amide bonds. The number of hydrogen-bond acceptors (Lipinski definition) is 5. The van der Waals surface area contributed by atoms with Crippen molar-refractivity contribution in [2.45, 2.75) is 26.1 Å². The van der Waals surface area contributed by atoms with Gasteiger partial charge >= 0.3 is 6.61 Å². The number of aromatic nitrogens is 2. The zero-order valence-electron chi connectivity index (χ0n) is 10.2. The van der Waals surface area contributed by atoms with Gasteiger partial charge in [0, 0.05) is 18.0 Å². The molecule has 0 fully saturated rings. The number of nitrogens with one attached hydrogen (secondary N) is 1. The summed E-state index contributed by atoms with van der Waals surface area (Å²) in [5.74, 6) is 0.163. The van der Waals surface area contributed by atoms with Crippen LogP contribution in [0.5, 0.6) is 5.75 Å². The summed E-state index contributed by atoms with van der Waals surface area (Å²) in [7, 11) is 0. The maximum Gasteiger partial charge on any atom is 0.387 e. The highest BCUT2D eigenvalue weighted by Gasteiger charge is 2.09. The molecule has 7 heteroatoms. The van der Waals surface area contributed by atoms with E-state index in [1.807, 2.05) is 18.4 Å². The number of hydrogen-bond donors (Lipinski definition) is 1. The van der Waals surface area contributed by atoms with Crippen molar-refractivity contribution in [1.29, 1.82) is 0 Å². The molecule has 1 atom stereocenters. The van der Waals surface area contributed by atoms with Crippen LogP contribution >= 0.6 is 11.5 Å². The van der Waals surface area contributed by atoms with Gasteiger partial charge in [-0.15, -0.1) is 5.10 Å². The van der Waals surface area contributed by atoms with Crippen LogP contribution in [0.1, 0.15) is 24.2 Å². The predicted molar refractivity (Wildman–Crippen MR) is 68.2 cm³/mol. The summed E-state index contributed by atoms with van der Waals surface area (Å²) in [6.45, 7) is -0.279. The van der Waals surface area contributed by atoms with Crippen LogP contribution in [0.25, 0.3) is 0 Å². The Morgan fingerprint density at radius 2 is 2.26 bits per heavy atom. The Balaban J connectivity index is 1.96. The van der Waals surface area contributed by atoms with Crippen molar-refractivity contribution in [3.05, 3.63) is 40.9 Å². The molecule has 0 saturated carbocycles. The number of rotatable bonds is 6. The van der Waals surface area contributed by atoms with Gasteiger partial charge in [-0.05, 0) is 36.2 Å². The van der Waals surface area contributed by atoms with Gasteiger partial charge in [0.15, 0.2) is 0 Å². The van der Waals surface area contributed by atoms with Gasteiger partial charge in [-0.1, -0.05) is 16.6 Å². The summed E-state index contributed by atoms with van der Waals surface area (Å²) < 4.78 is 32.4. The first-order chi connectivity index (χ1) is 9.15. The Kier molecular flexibility index (Phi) is 4.75. The van der Waals surface area contributed by atoms with E-state index >= 15 is 0 Å². The van der Waals surface area contributed by atoms with Crippen molar-refractivity contribution in [2.24, 2.45) is 0 Å². The highest BCUT2D eigenvalue weighted by molar-refractivity contribution is 7.03. The fraction of sp³-hybridized carbons (Fsp3) is 0.333. The molecule has 19 heavy (non-hydrogen) atoms. The van der Waals surface area contributed by atoms with Crippen LogP contribution in [0.2, 0.25) is 0 Å². The van der Waals surface area contributed by atoms with Crippen LogP contribution in [0.3, 0.4) is 0 Å². The molecule has 2 rings (SSSR count). The van der Waals surface area contributed by atoms with E-state index in [4.69, 9.17) is 0 Å². The van der Waals surface area contributed by atoms with Gasteiger partial charge in [0.1, 0.15) is 5.75 Å². The van der Waals surface area contributed by atoms with Gasteiger partial charge in [-0.25, -0.2) is 0 Å². The number of alkyl halides is 2. The molecule has 1 N–H and O–H groups in total. The minimum Gasteiger partial charge on any atom is -0.435 e. The van der Waals surface area contributed by atoms with Crippen molar-refractivity contribution in [3.63, 3.8) is 0 Å². The first kappa shape index (κ1) is 13.8. The molecule has 0 saturated heterocycles. The number of ether oxygens (including phenoxy) is 1. The normalized spacial score (nSPS) is 12.6. The van der Waals surface area contributed by atoms with Gasteiger partial charge in [0.25, 0.3) is 0 Å². The average Bonchev–Trinajstić information content (AvgIpc) is 2.88. The molecule has 1 aromatic heterocycles. The largest absolute Gasteiger partial charge is 0.435 e. The second-order valence-electron chi connectivity index (χ2n) is 3.95. The third kappa shape index (κ3) is 4.22. The minimum absolute atomic E-state index is 0.00271. The second kappa shape index (κ2) is 6.53. The van der Waals surface area contributed by atoms with Gasteiger partial charge in [-0.2, -0.15) is 8.78 Å². The van der Waals surface area contributed by atoms with E-state index in [0.717, 1.165) is 11.3 Å². The molecule has 0 aliphatic rings. The number of nitrogens with zero attached hydrogens (tertiary/aromatic N) is 2. The second-order valence-corrected chi connectivity index (χ2v) is 4.56. The molecule has 0 aliphatic heterocycles. The molecule has 1 aromatic carbocycles. The zero-order valence-corrected chi connectivity index (χ0v) is 11.0. The monoisotopic (exact) mass is 285 g/mol. The number of benzene rings is 1. The first-order valence-electron chi connectivity index (χ1n) is 5.69. The van der Waals surface area contributed by atoms with Crippen LogP contribution < -0.4 is 10.1 Å². The molecule has 0 radical (unpaired) electrons. The van der Waals surface area contributed by atoms with Crippen LogP contribution in [0.15, 0.2) is 29.6 Å². The van der Waals surface area contributed by atoms with Gasteiger partial charge in [0.05, 0.1) is 5.69 Å². The lowest BCUT2D eigenvalue weighted by Crippen LogP contribution is -2.18. The number of halogens is 2. The van der Waals surface area contributed by atoms with Crippen molar-refractivity contribution in [1.82, 2.24) is 14.9 Å². The molecule has 1 heterocycles. The summed E-state index contributed by atoms with van der Waals surface area (Å²) in [5.41, 5.74) is 1.73. The third-order valence-electron chi connectivity index (χ3n) is 2.58. The fourth-order valence-corrected chi connectivity index (χ4v) is 2.05. The molecule has 2 aromatic rings. The van der Waals surface area contributed by atoms with Crippen LogP contribution in [-0.2, 0) is 6.54 Å². The maximum absolute atomic E-state index is 12.1. The van der Waals surface area contributed by atoms with Crippen LogP contribution in [-0.4, -0.2) is 16.2 Å². The van der Waals surface area contributed by atoms with E-state index < -0.39 is 6.61 Å². The quantitative estimate of drug-likeness (QED) is 0.886. The summed E-state index contributed by atoms with van der Waals surface area (Å²) >= 11 is 1.29. The van der Waals surface area contributed by atoms with Crippen molar-refractivity contribution in [2.75, 3.05) is 0 Å². The Morgan fingerprint density at radius 3 is 2.95 bits per heavy atom. The highest BCUT2D eigenvalue weighted by Crippen LogP contribution is 2.20. The van der Waals surface area contributed by atoms with Gasteiger partial charge in [0.2, 0.25) is 0 Å². The summed E-state index contributed by atoms with van der Waals surface area (Å²) in [4.78, 5) is 0. The highest BCUT2D eigenvalue weighted by atomic mass is 32.1. The summed E-state index contributed by atoms with van der Waals surface area (Å²) in [6, 6.07) is 6.66. The first-order valence-corrected chi connectivity index (χ1v) is 6.53. The summed E-state index contributed by atoms with van der Waals surface area (Å²) in [6.07, 6.45) is 0. The van der Waals surface area contributed by atoms with E-state index in [-0.39, 0.29) is 11.8 Å². The molecular formula is C12H13F2N3OS. The van der Waals surface area contributed by atoms with E-state index in [9.17, 15) is 8.78 Å². The third-order valence-corrected chi connectivity index (χ3v) is 3.13. The Bertz CT molecular complexity index is 507. The van der Waals surface area contributed by atoms with Gasteiger partial charge < -0.3 is 10.1 Å². The standard InChI is InChI=1S/C12H13F2N3OS/c1-8(15-6-10-7-19-17-16-10)9-3-2-4-11(5-9)18-12(13)14/h2-5,7-8,12,15H,6H2,1H3. The molecule has 1 unspecified atom stereocenters. The van der Waals surface area contributed by atoms with Crippen molar-refractivity contribution < 1.29 is 13.5 Å². The van der Waals surface area contributed by atoms with Crippen molar-refractivity contribution >= 4 is 11.5 Å². The SMILES string of the molecule is CC(NCc1csnn1)c1cccc(OC(F)F)c1.